The molecule has 5 nitrogen and oxygen atoms in total. The highest BCUT2D eigenvalue weighted by atomic mass is 19.4. The normalized spacial score (nSPS) is 19.6. The second-order valence-corrected chi connectivity index (χ2v) is 6.79. The third kappa shape index (κ3) is 2.94. The molecule has 2 aromatic carbocycles. The summed E-state index contributed by atoms with van der Waals surface area (Å²) in [4.78, 5) is 37.5. The van der Waals surface area contributed by atoms with Gasteiger partial charge in [-0.1, -0.05) is 42.5 Å². The molecule has 144 valence electrons. The van der Waals surface area contributed by atoms with Gasteiger partial charge in [-0.15, -0.1) is 0 Å². The van der Waals surface area contributed by atoms with Crippen LogP contribution in [-0.2, 0) is 22.3 Å². The Morgan fingerprint density at radius 1 is 1.00 bits per heavy atom. The second-order valence-electron chi connectivity index (χ2n) is 6.79. The summed E-state index contributed by atoms with van der Waals surface area (Å²) in [5, 5.41) is 2.14. The lowest BCUT2D eigenvalue weighted by atomic mass is 9.92. The molecular weight excluding hydrogens is 373 g/mol. The van der Waals surface area contributed by atoms with Gasteiger partial charge in [0.15, 0.2) is 0 Å². The number of nitrogens with one attached hydrogen (secondary N) is 1. The van der Waals surface area contributed by atoms with Gasteiger partial charge in [0.1, 0.15) is 6.04 Å². The van der Waals surface area contributed by atoms with E-state index < -0.39 is 41.1 Å². The Balaban J connectivity index is 1.81. The van der Waals surface area contributed by atoms with Crippen LogP contribution >= 0.6 is 0 Å². The zero-order valence-electron chi connectivity index (χ0n) is 14.5. The molecule has 8 heteroatoms. The largest absolute Gasteiger partial charge is 0.417 e. The third-order valence-corrected chi connectivity index (χ3v) is 5.06. The van der Waals surface area contributed by atoms with Gasteiger partial charge in [-0.3, -0.25) is 19.7 Å². The Morgan fingerprint density at radius 2 is 1.71 bits per heavy atom. The number of hydrogen-bond acceptors (Lipinski definition) is 3. The molecule has 2 aliphatic heterocycles. The molecule has 1 saturated heterocycles. The maximum absolute atomic E-state index is 14.0. The fraction of sp³-hybridized carbons (Fsp3) is 0.250. The van der Waals surface area contributed by atoms with Crippen molar-refractivity contribution in [3.8, 4) is 11.1 Å². The molecular formula is C20H15F3N2O3. The van der Waals surface area contributed by atoms with Crippen molar-refractivity contribution in [3.05, 3.63) is 59.2 Å². The predicted molar refractivity (Wildman–Crippen MR) is 92.9 cm³/mol. The molecule has 2 aromatic rings. The number of fused-ring (bicyclic) bond motifs is 1. The molecule has 0 radical (unpaired) electrons. The van der Waals surface area contributed by atoms with Crippen molar-refractivity contribution in [1.82, 2.24) is 10.2 Å². The molecule has 1 unspecified atom stereocenters. The summed E-state index contributed by atoms with van der Waals surface area (Å²) in [6.07, 6.45) is -4.61. The van der Waals surface area contributed by atoms with Crippen LogP contribution in [0.1, 0.15) is 34.3 Å². The van der Waals surface area contributed by atoms with E-state index in [0.29, 0.717) is 5.56 Å². The van der Waals surface area contributed by atoms with E-state index in [1.54, 1.807) is 30.3 Å². The van der Waals surface area contributed by atoms with Crippen LogP contribution in [0.5, 0.6) is 0 Å². The molecule has 3 amide bonds. The predicted octanol–water partition coefficient (Wildman–Crippen LogP) is 3.13. The van der Waals surface area contributed by atoms with Gasteiger partial charge in [0.05, 0.1) is 11.1 Å². The average Bonchev–Trinajstić information content (AvgIpc) is 2.97. The first-order chi connectivity index (χ1) is 13.3. The summed E-state index contributed by atoms with van der Waals surface area (Å²) in [5.74, 6) is -1.95. The molecule has 2 aliphatic rings. The van der Waals surface area contributed by atoms with Crippen LogP contribution in [0.3, 0.4) is 0 Å². The van der Waals surface area contributed by atoms with Gasteiger partial charge in [0.25, 0.3) is 5.91 Å². The highest BCUT2D eigenvalue weighted by Crippen LogP contribution is 2.43. The lowest BCUT2D eigenvalue weighted by Crippen LogP contribution is -2.52. The van der Waals surface area contributed by atoms with Crippen molar-refractivity contribution in [1.29, 1.82) is 0 Å². The topological polar surface area (TPSA) is 66.5 Å². The minimum atomic E-state index is -4.74. The minimum Gasteiger partial charge on any atom is -0.322 e. The number of hydrogen-bond donors (Lipinski definition) is 1. The second kappa shape index (κ2) is 6.47. The average molecular weight is 388 g/mol. The van der Waals surface area contributed by atoms with Crippen LogP contribution in [0.4, 0.5) is 13.2 Å². The van der Waals surface area contributed by atoms with Gasteiger partial charge >= 0.3 is 6.18 Å². The first kappa shape index (κ1) is 18.2. The van der Waals surface area contributed by atoms with E-state index in [1.165, 1.54) is 12.1 Å². The molecule has 1 fully saturated rings. The fourth-order valence-electron chi connectivity index (χ4n) is 3.80. The number of carbonyl (C=O) groups excluding carboxylic acids is 3. The number of halogens is 3. The summed E-state index contributed by atoms with van der Waals surface area (Å²) in [6, 6.07) is 9.94. The molecule has 0 bridgehead atoms. The smallest absolute Gasteiger partial charge is 0.322 e. The Labute approximate surface area is 158 Å². The maximum atomic E-state index is 14.0. The minimum absolute atomic E-state index is 0.0396. The lowest BCUT2D eigenvalue weighted by molar-refractivity contribution is -0.137. The number of piperidine rings is 1. The van der Waals surface area contributed by atoms with Gasteiger partial charge in [-0.25, -0.2) is 0 Å². The molecule has 0 spiro atoms. The molecule has 0 aromatic heterocycles. The van der Waals surface area contributed by atoms with Crippen molar-refractivity contribution < 1.29 is 27.6 Å². The van der Waals surface area contributed by atoms with Crippen molar-refractivity contribution in [2.24, 2.45) is 0 Å². The van der Waals surface area contributed by atoms with Crippen molar-refractivity contribution in [3.63, 3.8) is 0 Å². The summed E-state index contributed by atoms with van der Waals surface area (Å²) in [7, 11) is 0. The number of rotatable bonds is 2. The van der Waals surface area contributed by atoms with Crippen LogP contribution < -0.4 is 5.32 Å². The molecule has 28 heavy (non-hydrogen) atoms. The molecule has 0 saturated carbocycles. The lowest BCUT2D eigenvalue weighted by Gasteiger charge is -2.29. The number of benzene rings is 2. The van der Waals surface area contributed by atoms with Gasteiger partial charge < -0.3 is 4.90 Å². The van der Waals surface area contributed by atoms with Gasteiger partial charge in [0.2, 0.25) is 11.8 Å². The third-order valence-electron chi connectivity index (χ3n) is 5.06. The number of imide groups is 1. The first-order valence-electron chi connectivity index (χ1n) is 8.70. The molecule has 1 atom stereocenters. The Kier molecular flexibility index (Phi) is 4.21. The summed E-state index contributed by atoms with van der Waals surface area (Å²) in [6.45, 7) is -0.0986. The van der Waals surface area contributed by atoms with E-state index in [1.807, 2.05) is 0 Å². The highest BCUT2D eigenvalue weighted by Gasteiger charge is 2.46. The zero-order valence-corrected chi connectivity index (χ0v) is 14.5. The van der Waals surface area contributed by atoms with Crippen molar-refractivity contribution in [2.45, 2.75) is 31.6 Å². The van der Waals surface area contributed by atoms with Crippen LogP contribution in [-0.4, -0.2) is 28.7 Å². The fourth-order valence-corrected chi connectivity index (χ4v) is 3.80. The molecule has 2 heterocycles. The standard InChI is InChI=1S/C20H15F3N2O3/c21-20(22,23)17-13(11-4-2-1-3-5-11)7-6-12-10-25(19(28)16(12)17)14-8-9-15(26)24-18(14)27/h1-7,14H,8-10H2,(H,24,26,27). The van der Waals surface area contributed by atoms with Crippen LogP contribution in [0.25, 0.3) is 11.1 Å². The summed E-state index contributed by atoms with van der Waals surface area (Å²) < 4.78 is 41.9. The summed E-state index contributed by atoms with van der Waals surface area (Å²) >= 11 is 0. The number of nitrogens with zero attached hydrogens (tertiary/aromatic N) is 1. The number of carbonyl (C=O) groups is 3. The Morgan fingerprint density at radius 3 is 2.36 bits per heavy atom. The highest BCUT2D eigenvalue weighted by molar-refractivity contribution is 6.06. The Hall–Kier alpha value is -3.16. The van der Waals surface area contributed by atoms with Gasteiger partial charge in [-0.05, 0) is 23.1 Å². The number of alkyl halides is 3. The zero-order chi connectivity index (χ0) is 20.1. The molecule has 0 aliphatic carbocycles. The quantitative estimate of drug-likeness (QED) is 0.804. The van der Waals surface area contributed by atoms with E-state index >= 15 is 0 Å². The maximum Gasteiger partial charge on any atom is 0.417 e. The van der Waals surface area contributed by atoms with Crippen LogP contribution in [0.2, 0.25) is 0 Å². The van der Waals surface area contributed by atoms with E-state index in [-0.39, 0.29) is 30.5 Å². The van der Waals surface area contributed by atoms with Crippen LogP contribution in [0.15, 0.2) is 42.5 Å². The molecule has 4 rings (SSSR count). The van der Waals surface area contributed by atoms with Gasteiger partial charge in [0, 0.05) is 13.0 Å². The SMILES string of the molecule is O=C1CCC(N2Cc3ccc(-c4ccccc4)c(C(F)(F)F)c3C2=O)C(=O)N1. The van der Waals surface area contributed by atoms with E-state index in [4.69, 9.17) is 0 Å². The van der Waals surface area contributed by atoms with Crippen molar-refractivity contribution >= 4 is 17.7 Å². The van der Waals surface area contributed by atoms with Crippen molar-refractivity contribution in [2.75, 3.05) is 0 Å². The van der Waals surface area contributed by atoms with E-state index in [0.717, 1.165) is 4.90 Å². The number of amides is 3. The summed E-state index contributed by atoms with van der Waals surface area (Å²) in [5.41, 5.74) is -0.911. The molecule has 1 N–H and O–H groups in total. The Bertz CT molecular complexity index is 986. The van der Waals surface area contributed by atoms with E-state index in [9.17, 15) is 27.6 Å². The van der Waals surface area contributed by atoms with Crippen LogP contribution in [0, 0.1) is 0 Å². The van der Waals surface area contributed by atoms with Gasteiger partial charge in [-0.2, -0.15) is 13.2 Å². The van der Waals surface area contributed by atoms with E-state index in [2.05, 4.69) is 5.32 Å². The first-order valence-corrected chi connectivity index (χ1v) is 8.70. The monoisotopic (exact) mass is 388 g/mol.